The van der Waals surface area contributed by atoms with Gasteiger partial charge in [-0.25, -0.2) is 0 Å². The van der Waals surface area contributed by atoms with Gasteiger partial charge in [0.2, 0.25) is 6.79 Å². The van der Waals surface area contributed by atoms with E-state index in [9.17, 15) is 0 Å². The first kappa shape index (κ1) is 8.63. The number of halogens is 1. The van der Waals surface area contributed by atoms with Crippen molar-refractivity contribution in [1.29, 1.82) is 0 Å². The number of hydrogen-bond donors (Lipinski definition) is 0. The SMILES string of the molecule is C=C(Br)Cc1ccc2c(c1)OCO2. The minimum Gasteiger partial charge on any atom is -0.454 e. The molecule has 1 aliphatic rings. The molecular formula is C10H9BrO2. The topological polar surface area (TPSA) is 18.5 Å². The molecule has 0 unspecified atom stereocenters. The molecule has 0 radical (unpaired) electrons. The van der Waals surface area contributed by atoms with Crippen molar-refractivity contribution in [3.8, 4) is 11.5 Å². The smallest absolute Gasteiger partial charge is 0.231 e. The number of allylic oxidation sites excluding steroid dienone is 1. The third kappa shape index (κ3) is 1.86. The highest BCUT2D eigenvalue weighted by Gasteiger charge is 2.12. The highest BCUT2D eigenvalue weighted by atomic mass is 79.9. The van der Waals surface area contributed by atoms with Gasteiger partial charge in [0.25, 0.3) is 0 Å². The van der Waals surface area contributed by atoms with E-state index < -0.39 is 0 Å². The highest BCUT2D eigenvalue weighted by Crippen LogP contribution is 2.33. The molecule has 0 aromatic heterocycles. The summed E-state index contributed by atoms with van der Waals surface area (Å²) >= 11 is 3.33. The normalized spacial score (nSPS) is 13.0. The molecule has 1 aliphatic heterocycles. The zero-order chi connectivity index (χ0) is 9.26. The molecule has 68 valence electrons. The molecule has 0 fully saturated rings. The average molecular weight is 241 g/mol. The number of ether oxygens (including phenoxy) is 2. The molecule has 0 saturated carbocycles. The summed E-state index contributed by atoms with van der Waals surface area (Å²) < 4.78 is 11.4. The van der Waals surface area contributed by atoms with Crippen LogP contribution < -0.4 is 9.47 Å². The Labute approximate surface area is 85.3 Å². The summed E-state index contributed by atoms with van der Waals surface area (Å²) in [4.78, 5) is 0. The second-order valence-electron chi connectivity index (χ2n) is 2.88. The molecule has 0 aliphatic carbocycles. The molecule has 1 heterocycles. The van der Waals surface area contributed by atoms with Gasteiger partial charge in [0.1, 0.15) is 0 Å². The molecule has 3 heteroatoms. The van der Waals surface area contributed by atoms with E-state index in [0.717, 1.165) is 22.4 Å². The van der Waals surface area contributed by atoms with Crippen molar-refractivity contribution in [2.75, 3.05) is 6.79 Å². The second kappa shape index (κ2) is 3.42. The van der Waals surface area contributed by atoms with Crippen LogP contribution in [0.4, 0.5) is 0 Å². The van der Waals surface area contributed by atoms with Crippen molar-refractivity contribution < 1.29 is 9.47 Å². The van der Waals surface area contributed by atoms with E-state index in [1.807, 2.05) is 18.2 Å². The lowest BCUT2D eigenvalue weighted by Crippen LogP contribution is -1.92. The maximum Gasteiger partial charge on any atom is 0.231 e. The fourth-order valence-electron chi connectivity index (χ4n) is 1.27. The van der Waals surface area contributed by atoms with Crippen molar-refractivity contribution >= 4 is 15.9 Å². The third-order valence-corrected chi connectivity index (χ3v) is 2.11. The molecule has 2 rings (SSSR count). The first-order chi connectivity index (χ1) is 6.25. The average Bonchev–Trinajstić information content (AvgIpc) is 2.49. The number of fused-ring (bicyclic) bond motifs is 1. The largest absolute Gasteiger partial charge is 0.454 e. The van der Waals surface area contributed by atoms with Gasteiger partial charge >= 0.3 is 0 Å². The summed E-state index contributed by atoms with van der Waals surface area (Å²) in [6.45, 7) is 4.12. The standard InChI is InChI=1S/C10H9BrO2/c1-7(11)4-8-2-3-9-10(5-8)13-6-12-9/h2-3,5H,1,4,6H2. The lowest BCUT2D eigenvalue weighted by molar-refractivity contribution is 0.174. The zero-order valence-corrected chi connectivity index (χ0v) is 8.63. The van der Waals surface area contributed by atoms with E-state index in [0.29, 0.717) is 6.79 Å². The van der Waals surface area contributed by atoms with Gasteiger partial charge in [-0.3, -0.25) is 0 Å². The van der Waals surface area contributed by atoms with Gasteiger partial charge in [0.05, 0.1) is 0 Å². The summed E-state index contributed by atoms with van der Waals surface area (Å²) in [5.74, 6) is 1.65. The van der Waals surface area contributed by atoms with Crippen molar-refractivity contribution in [1.82, 2.24) is 0 Å². The number of rotatable bonds is 2. The van der Waals surface area contributed by atoms with Gasteiger partial charge in [-0.15, -0.1) is 0 Å². The summed E-state index contributed by atoms with van der Waals surface area (Å²) in [5, 5.41) is 0. The van der Waals surface area contributed by atoms with Crippen molar-refractivity contribution in [3.63, 3.8) is 0 Å². The van der Waals surface area contributed by atoms with E-state index in [-0.39, 0.29) is 0 Å². The summed E-state index contributed by atoms with van der Waals surface area (Å²) in [7, 11) is 0. The van der Waals surface area contributed by atoms with Crippen molar-refractivity contribution in [2.45, 2.75) is 6.42 Å². The zero-order valence-electron chi connectivity index (χ0n) is 7.05. The minimum absolute atomic E-state index is 0.327. The quantitative estimate of drug-likeness (QED) is 0.792. The van der Waals surface area contributed by atoms with Crippen LogP contribution in [0, 0.1) is 0 Å². The Balaban J connectivity index is 2.25. The van der Waals surface area contributed by atoms with E-state index in [1.165, 1.54) is 5.56 Å². The van der Waals surface area contributed by atoms with Crippen LogP contribution in [0.2, 0.25) is 0 Å². The van der Waals surface area contributed by atoms with Crippen LogP contribution in [0.1, 0.15) is 5.56 Å². The Morgan fingerprint density at radius 1 is 1.38 bits per heavy atom. The molecular weight excluding hydrogens is 232 g/mol. The van der Waals surface area contributed by atoms with E-state index in [1.54, 1.807) is 0 Å². The molecule has 1 aromatic rings. The third-order valence-electron chi connectivity index (χ3n) is 1.83. The van der Waals surface area contributed by atoms with Crippen LogP contribution in [0.15, 0.2) is 29.3 Å². The van der Waals surface area contributed by atoms with Gasteiger partial charge in [0.15, 0.2) is 11.5 Å². The number of hydrogen-bond acceptors (Lipinski definition) is 2. The Kier molecular flexibility index (Phi) is 2.27. The van der Waals surface area contributed by atoms with E-state index in [4.69, 9.17) is 9.47 Å². The maximum absolute atomic E-state index is 5.25. The number of benzene rings is 1. The Morgan fingerprint density at radius 2 is 2.15 bits per heavy atom. The summed E-state index contributed by atoms with van der Waals surface area (Å²) in [6, 6.07) is 5.92. The monoisotopic (exact) mass is 240 g/mol. The van der Waals surface area contributed by atoms with Crippen LogP contribution in [0.25, 0.3) is 0 Å². The first-order valence-corrected chi connectivity index (χ1v) is 4.77. The van der Waals surface area contributed by atoms with Gasteiger partial charge in [-0.1, -0.05) is 28.6 Å². The van der Waals surface area contributed by atoms with Crippen LogP contribution in [-0.2, 0) is 6.42 Å². The molecule has 0 N–H and O–H groups in total. The molecule has 13 heavy (non-hydrogen) atoms. The molecule has 0 bridgehead atoms. The van der Waals surface area contributed by atoms with Gasteiger partial charge in [-0.05, 0) is 22.2 Å². The molecule has 0 amide bonds. The Hall–Kier alpha value is -0.960. The lowest BCUT2D eigenvalue weighted by Gasteiger charge is -2.00. The fraction of sp³-hybridized carbons (Fsp3) is 0.200. The first-order valence-electron chi connectivity index (χ1n) is 3.97. The van der Waals surface area contributed by atoms with Crippen LogP contribution in [0.3, 0.4) is 0 Å². The molecule has 2 nitrogen and oxygen atoms in total. The molecule has 0 saturated heterocycles. The summed E-state index contributed by atoms with van der Waals surface area (Å²) in [5.41, 5.74) is 1.17. The van der Waals surface area contributed by atoms with Gasteiger partial charge < -0.3 is 9.47 Å². The maximum atomic E-state index is 5.25. The highest BCUT2D eigenvalue weighted by molar-refractivity contribution is 9.11. The van der Waals surface area contributed by atoms with Crippen molar-refractivity contribution in [3.05, 3.63) is 34.8 Å². The van der Waals surface area contributed by atoms with Gasteiger partial charge in [0, 0.05) is 6.42 Å². The molecule has 1 aromatic carbocycles. The fourth-order valence-corrected chi connectivity index (χ4v) is 1.60. The van der Waals surface area contributed by atoms with Crippen LogP contribution in [0.5, 0.6) is 11.5 Å². The predicted molar refractivity (Wildman–Crippen MR) is 54.3 cm³/mol. The van der Waals surface area contributed by atoms with Crippen molar-refractivity contribution in [2.24, 2.45) is 0 Å². The molecule has 0 spiro atoms. The predicted octanol–water partition coefficient (Wildman–Crippen LogP) is 2.87. The van der Waals surface area contributed by atoms with Gasteiger partial charge in [-0.2, -0.15) is 0 Å². The second-order valence-corrected chi connectivity index (χ2v) is 4.00. The summed E-state index contributed by atoms with van der Waals surface area (Å²) in [6.07, 6.45) is 0.816. The lowest BCUT2D eigenvalue weighted by atomic mass is 10.1. The Morgan fingerprint density at radius 3 is 2.92 bits per heavy atom. The van der Waals surface area contributed by atoms with Crippen LogP contribution in [-0.4, -0.2) is 6.79 Å². The van der Waals surface area contributed by atoms with E-state index >= 15 is 0 Å². The van der Waals surface area contributed by atoms with E-state index in [2.05, 4.69) is 22.5 Å². The van der Waals surface area contributed by atoms with Crippen LogP contribution >= 0.6 is 15.9 Å². The molecule has 0 atom stereocenters. The minimum atomic E-state index is 0.327. The Bertz CT molecular complexity index is 347.